The van der Waals surface area contributed by atoms with Gasteiger partial charge in [0.05, 0.1) is 0 Å². The highest BCUT2D eigenvalue weighted by atomic mass is 16.1. The molecule has 114 valence electrons. The van der Waals surface area contributed by atoms with Crippen LogP contribution >= 0.6 is 0 Å². The van der Waals surface area contributed by atoms with Crippen LogP contribution in [0.15, 0.2) is 36.4 Å². The second-order valence-corrected chi connectivity index (χ2v) is 5.75. The lowest BCUT2D eigenvalue weighted by atomic mass is 10.1. The number of benzene rings is 1. The Morgan fingerprint density at radius 2 is 1.82 bits per heavy atom. The lowest BCUT2D eigenvalue weighted by Crippen LogP contribution is -2.17. The van der Waals surface area contributed by atoms with Crippen LogP contribution in [0.3, 0.4) is 0 Å². The molecule has 5 nitrogen and oxygen atoms in total. The number of carbonyl (C=O) groups is 1. The molecule has 0 spiro atoms. The van der Waals surface area contributed by atoms with Crippen LogP contribution in [0.25, 0.3) is 0 Å². The summed E-state index contributed by atoms with van der Waals surface area (Å²) in [5, 5.41) is 14.3. The van der Waals surface area contributed by atoms with Gasteiger partial charge < -0.3 is 10.6 Å². The maximum absolute atomic E-state index is 12.1. The third-order valence-corrected chi connectivity index (χ3v) is 3.89. The van der Waals surface area contributed by atoms with Crippen molar-refractivity contribution in [2.24, 2.45) is 0 Å². The second kappa shape index (κ2) is 6.56. The Bertz CT molecular complexity index is 648. The van der Waals surface area contributed by atoms with E-state index in [2.05, 4.69) is 20.8 Å². The normalized spacial score (nSPS) is 14.8. The van der Waals surface area contributed by atoms with Crippen molar-refractivity contribution in [3.05, 3.63) is 47.5 Å². The van der Waals surface area contributed by atoms with Gasteiger partial charge in [-0.1, -0.05) is 30.5 Å². The predicted molar refractivity (Wildman–Crippen MR) is 87.0 cm³/mol. The summed E-state index contributed by atoms with van der Waals surface area (Å²) in [4.78, 5) is 12.1. The van der Waals surface area contributed by atoms with E-state index in [1.54, 1.807) is 12.1 Å². The highest BCUT2D eigenvalue weighted by molar-refractivity contribution is 6.03. The zero-order valence-corrected chi connectivity index (χ0v) is 12.7. The minimum Gasteiger partial charge on any atom is -0.366 e. The van der Waals surface area contributed by atoms with Crippen molar-refractivity contribution >= 4 is 17.5 Å². The molecule has 0 saturated heterocycles. The molecule has 0 aliphatic heterocycles. The molecule has 1 heterocycles. The van der Waals surface area contributed by atoms with Crippen molar-refractivity contribution in [2.45, 2.75) is 38.6 Å². The minimum absolute atomic E-state index is 0.172. The number of amides is 1. The average molecular weight is 296 g/mol. The molecular weight excluding hydrogens is 276 g/mol. The first kappa shape index (κ1) is 14.5. The lowest BCUT2D eigenvalue weighted by molar-refractivity contribution is 0.102. The Hall–Kier alpha value is -2.43. The van der Waals surface area contributed by atoms with Crippen LogP contribution in [0.5, 0.6) is 0 Å². The number of hydrogen-bond donors (Lipinski definition) is 2. The minimum atomic E-state index is -0.172. The van der Waals surface area contributed by atoms with Crippen molar-refractivity contribution in [1.82, 2.24) is 10.2 Å². The number of anilines is 2. The molecule has 2 aromatic rings. The fourth-order valence-electron chi connectivity index (χ4n) is 2.73. The van der Waals surface area contributed by atoms with E-state index in [1.807, 2.05) is 31.2 Å². The summed E-state index contributed by atoms with van der Waals surface area (Å²) in [6.07, 6.45) is 4.92. The molecule has 0 atom stereocenters. The third-order valence-electron chi connectivity index (χ3n) is 3.89. The number of nitrogens with zero attached hydrogens (tertiary/aromatic N) is 2. The van der Waals surface area contributed by atoms with Gasteiger partial charge >= 0.3 is 0 Å². The smallest absolute Gasteiger partial charge is 0.256 e. The van der Waals surface area contributed by atoms with Gasteiger partial charge in [-0.25, -0.2) is 0 Å². The van der Waals surface area contributed by atoms with Crippen molar-refractivity contribution in [2.75, 3.05) is 10.6 Å². The Morgan fingerprint density at radius 1 is 1.09 bits per heavy atom. The van der Waals surface area contributed by atoms with Crippen molar-refractivity contribution in [1.29, 1.82) is 0 Å². The van der Waals surface area contributed by atoms with E-state index < -0.39 is 0 Å². The molecule has 0 bridgehead atoms. The Morgan fingerprint density at radius 3 is 2.50 bits per heavy atom. The summed E-state index contributed by atoms with van der Waals surface area (Å²) in [6.45, 7) is 1.96. The SMILES string of the molecule is Cc1cccc(C(=O)Nc2ccc(NC3CCCC3)nn2)c1. The van der Waals surface area contributed by atoms with Crippen molar-refractivity contribution < 1.29 is 4.79 Å². The molecule has 0 radical (unpaired) electrons. The fraction of sp³-hybridized carbons (Fsp3) is 0.353. The second-order valence-electron chi connectivity index (χ2n) is 5.75. The summed E-state index contributed by atoms with van der Waals surface area (Å²) in [5.74, 6) is 1.05. The molecule has 1 aromatic carbocycles. The van der Waals surface area contributed by atoms with Crippen LogP contribution in [0.4, 0.5) is 11.6 Å². The van der Waals surface area contributed by atoms with Gasteiger partial charge in [0.25, 0.3) is 5.91 Å². The van der Waals surface area contributed by atoms with Crippen LogP contribution in [-0.2, 0) is 0 Å². The van der Waals surface area contributed by atoms with E-state index in [9.17, 15) is 4.79 Å². The standard InChI is InChI=1S/C17H20N4O/c1-12-5-4-6-13(11-12)17(22)19-16-10-9-15(20-21-16)18-14-7-2-3-8-14/h4-6,9-11,14H,2-3,7-8H2,1H3,(H,18,20)(H,19,21,22). The molecule has 5 heteroatoms. The molecule has 22 heavy (non-hydrogen) atoms. The van der Waals surface area contributed by atoms with E-state index in [1.165, 1.54) is 25.7 Å². The van der Waals surface area contributed by atoms with Crippen LogP contribution < -0.4 is 10.6 Å². The van der Waals surface area contributed by atoms with E-state index in [0.717, 1.165) is 11.4 Å². The summed E-state index contributed by atoms with van der Waals surface area (Å²) >= 11 is 0. The average Bonchev–Trinajstić information content (AvgIpc) is 3.02. The van der Waals surface area contributed by atoms with Gasteiger partial charge in [0.2, 0.25) is 0 Å². The first-order valence-corrected chi connectivity index (χ1v) is 7.69. The first-order valence-electron chi connectivity index (χ1n) is 7.69. The zero-order chi connectivity index (χ0) is 15.4. The largest absolute Gasteiger partial charge is 0.366 e. The van der Waals surface area contributed by atoms with Crippen LogP contribution in [0, 0.1) is 6.92 Å². The van der Waals surface area contributed by atoms with Crippen LogP contribution in [0.1, 0.15) is 41.6 Å². The Labute approximate surface area is 130 Å². The van der Waals surface area contributed by atoms with Crippen molar-refractivity contribution in [3.8, 4) is 0 Å². The van der Waals surface area contributed by atoms with Gasteiger partial charge in [-0.2, -0.15) is 0 Å². The van der Waals surface area contributed by atoms with Gasteiger partial charge in [0, 0.05) is 11.6 Å². The molecule has 1 aliphatic carbocycles. The highest BCUT2D eigenvalue weighted by Gasteiger charge is 2.15. The Balaban J connectivity index is 1.61. The summed E-state index contributed by atoms with van der Waals surface area (Å²) in [6, 6.07) is 11.6. The van der Waals surface area contributed by atoms with Crippen molar-refractivity contribution in [3.63, 3.8) is 0 Å². The van der Waals surface area contributed by atoms with Crippen LogP contribution in [-0.4, -0.2) is 22.1 Å². The number of aryl methyl sites for hydroxylation is 1. The molecule has 3 rings (SSSR count). The molecule has 1 aliphatic rings. The fourth-order valence-corrected chi connectivity index (χ4v) is 2.73. The zero-order valence-electron chi connectivity index (χ0n) is 12.7. The van der Waals surface area contributed by atoms with Gasteiger partial charge in [-0.15, -0.1) is 10.2 Å². The molecule has 1 saturated carbocycles. The van der Waals surface area contributed by atoms with E-state index in [4.69, 9.17) is 0 Å². The number of aromatic nitrogens is 2. The summed E-state index contributed by atoms with van der Waals surface area (Å²) in [5.41, 5.74) is 1.67. The summed E-state index contributed by atoms with van der Waals surface area (Å²) in [7, 11) is 0. The molecule has 0 unspecified atom stereocenters. The van der Waals surface area contributed by atoms with Gasteiger partial charge in [-0.3, -0.25) is 4.79 Å². The maximum atomic E-state index is 12.1. The molecule has 1 fully saturated rings. The molecule has 1 aromatic heterocycles. The quantitative estimate of drug-likeness (QED) is 0.907. The van der Waals surface area contributed by atoms with Crippen LogP contribution in [0.2, 0.25) is 0 Å². The van der Waals surface area contributed by atoms with E-state index >= 15 is 0 Å². The number of carbonyl (C=O) groups excluding carboxylic acids is 1. The van der Waals surface area contributed by atoms with Gasteiger partial charge in [-0.05, 0) is 44.0 Å². The maximum Gasteiger partial charge on any atom is 0.256 e. The van der Waals surface area contributed by atoms with Gasteiger partial charge in [0.1, 0.15) is 5.82 Å². The molecular formula is C17H20N4O. The monoisotopic (exact) mass is 296 g/mol. The Kier molecular flexibility index (Phi) is 4.32. The summed E-state index contributed by atoms with van der Waals surface area (Å²) < 4.78 is 0. The van der Waals surface area contributed by atoms with Gasteiger partial charge in [0.15, 0.2) is 5.82 Å². The predicted octanol–water partition coefficient (Wildman–Crippen LogP) is 3.39. The topological polar surface area (TPSA) is 66.9 Å². The third kappa shape index (κ3) is 3.61. The highest BCUT2D eigenvalue weighted by Crippen LogP contribution is 2.21. The lowest BCUT2D eigenvalue weighted by Gasteiger charge is -2.12. The van der Waals surface area contributed by atoms with E-state index in [0.29, 0.717) is 17.4 Å². The van der Waals surface area contributed by atoms with E-state index in [-0.39, 0.29) is 5.91 Å². The molecule has 1 amide bonds. The first-order chi connectivity index (χ1) is 10.7. The number of hydrogen-bond acceptors (Lipinski definition) is 4. The number of nitrogens with one attached hydrogen (secondary N) is 2. The number of rotatable bonds is 4. The molecule has 2 N–H and O–H groups in total.